The first kappa shape index (κ1) is 30.5. The van der Waals surface area contributed by atoms with Gasteiger partial charge in [0.1, 0.15) is 12.6 Å². The molecule has 0 spiro atoms. The maximum Gasteiger partial charge on any atom is 0.264 e. The van der Waals surface area contributed by atoms with Crippen molar-refractivity contribution in [1.82, 2.24) is 10.2 Å². The normalized spacial score (nSPS) is 12.9. The van der Waals surface area contributed by atoms with Gasteiger partial charge in [0.2, 0.25) is 11.8 Å². The molecule has 0 bridgehead atoms. The van der Waals surface area contributed by atoms with Gasteiger partial charge in [0.25, 0.3) is 10.0 Å². The van der Waals surface area contributed by atoms with E-state index in [4.69, 9.17) is 23.2 Å². The molecular weight excluding hydrogens is 557 g/mol. The minimum atomic E-state index is -4.16. The highest BCUT2D eigenvalue weighted by atomic mass is 35.5. The van der Waals surface area contributed by atoms with E-state index in [9.17, 15) is 18.0 Å². The summed E-state index contributed by atoms with van der Waals surface area (Å²) in [4.78, 5) is 28.5. The van der Waals surface area contributed by atoms with Gasteiger partial charge in [-0.25, -0.2) is 8.42 Å². The zero-order chi connectivity index (χ0) is 28.7. The van der Waals surface area contributed by atoms with E-state index in [0.29, 0.717) is 21.2 Å². The van der Waals surface area contributed by atoms with E-state index in [0.717, 1.165) is 10.7 Å². The van der Waals surface area contributed by atoms with Crippen LogP contribution in [0, 0.1) is 6.92 Å². The number of carbonyl (C=O) groups excluding carboxylic acids is 2. The van der Waals surface area contributed by atoms with Crippen LogP contribution in [0.2, 0.25) is 10.0 Å². The summed E-state index contributed by atoms with van der Waals surface area (Å²) < 4.78 is 28.8. The number of sulfonamides is 1. The highest BCUT2D eigenvalue weighted by Crippen LogP contribution is 2.31. The predicted molar refractivity (Wildman–Crippen MR) is 157 cm³/mol. The first-order valence-corrected chi connectivity index (χ1v) is 14.8. The topological polar surface area (TPSA) is 86.8 Å². The van der Waals surface area contributed by atoms with Crippen molar-refractivity contribution >= 4 is 50.7 Å². The minimum Gasteiger partial charge on any atom is -0.352 e. The van der Waals surface area contributed by atoms with Crippen molar-refractivity contribution in [2.24, 2.45) is 0 Å². The fraction of sp³-hybridized carbons (Fsp3) is 0.310. The highest BCUT2D eigenvalue weighted by Gasteiger charge is 2.33. The molecule has 0 saturated heterocycles. The Hall–Kier alpha value is -3.07. The lowest BCUT2D eigenvalue weighted by atomic mass is 10.1. The molecule has 39 heavy (non-hydrogen) atoms. The molecule has 1 N–H and O–H groups in total. The second kappa shape index (κ2) is 13.3. The molecule has 2 amide bonds. The molecule has 10 heteroatoms. The summed E-state index contributed by atoms with van der Waals surface area (Å²) in [5, 5.41) is 3.76. The van der Waals surface area contributed by atoms with Gasteiger partial charge in [-0.1, -0.05) is 66.5 Å². The van der Waals surface area contributed by atoms with E-state index >= 15 is 0 Å². The molecule has 0 aliphatic rings. The van der Waals surface area contributed by atoms with Crippen LogP contribution in [0.3, 0.4) is 0 Å². The molecule has 0 heterocycles. The number of halogens is 2. The van der Waals surface area contributed by atoms with Crippen LogP contribution in [0.5, 0.6) is 0 Å². The average Bonchev–Trinajstić information content (AvgIpc) is 2.92. The number of hydrogen-bond donors (Lipinski definition) is 1. The smallest absolute Gasteiger partial charge is 0.264 e. The van der Waals surface area contributed by atoms with E-state index in [-0.39, 0.29) is 29.1 Å². The summed E-state index contributed by atoms with van der Waals surface area (Å²) in [5.41, 5.74) is 1.49. The molecule has 2 atom stereocenters. The minimum absolute atomic E-state index is 0.0288. The summed E-state index contributed by atoms with van der Waals surface area (Å²) in [6, 6.07) is 18.8. The number of nitrogens with zero attached hydrogens (tertiary/aromatic N) is 2. The standard InChI is InChI=1S/C29H33Cl2N3O4S/c1-5-20(2)32-29(36)22(4)33(18-23-11-9-12-24(30)17-23)28(35)19-34(27-16-10-15-26(31)21(27)3)39(37,38)25-13-7-6-8-14-25/h6-17,20,22H,5,18-19H2,1-4H3,(H,32,36)/t20-,22+/m1/s1. The van der Waals surface area contributed by atoms with Crippen LogP contribution in [0.15, 0.2) is 77.7 Å². The summed E-state index contributed by atoms with van der Waals surface area (Å²) in [5.74, 6) is -0.892. The summed E-state index contributed by atoms with van der Waals surface area (Å²) in [6.07, 6.45) is 0.720. The van der Waals surface area contributed by atoms with E-state index in [1.807, 2.05) is 13.8 Å². The zero-order valence-corrected chi connectivity index (χ0v) is 24.7. The Morgan fingerprint density at radius 1 is 0.949 bits per heavy atom. The first-order valence-electron chi connectivity index (χ1n) is 12.6. The molecule has 0 saturated carbocycles. The molecule has 3 aromatic rings. The fourth-order valence-electron chi connectivity index (χ4n) is 3.98. The lowest BCUT2D eigenvalue weighted by molar-refractivity contribution is -0.139. The average molecular weight is 591 g/mol. The van der Waals surface area contributed by atoms with Crippen molar-refractivity contribution in [1.29, 1.82) is 0 Å². The Balaban J connectivity index is 2.06. The fourth-order valence-corrected chi connectivity index (χ4v) is 5.85. The summed E-state index contributed by atoms with van der Waals surface area (Å²) in [7, 11) is -4.16. The van der Waals surface area contributed by atoms with E-state index in [1.54, 1.807) is 74.5 Å². The maximum atomic E-state index is 14.0. The third kappa shape index (κ3) is 7.53. The third-order valence-corrected chi connectivity index (χ3v) is 8.95. The Labute approximate surface area is 240 Å². The van der Waals surface area contributed by atoms with Gasteiger partial charge in [0, 0.05) is 22.6 Å². The number of amides is 2. The van der Waals surface area contributed by atoms with Crippen LogP contribution in [0.1, 0.15) is 38.3 Å². The number of nitrogens with one attached hydrogen (secondary N) is 1. The van der Waals surface area contributed by atoms with Crippen LogP contribution < -0.4 is 9.62 Å². The zero-order valence-electron chi connectivity index (χ0n) is 22.4. The first-order chi connectivity index (χ1) is 18.4. The van der Waals surface area contributed by atoms with Gasteiger partial charge in [-0.05, 0) is 74.7 Å². The van der Waals surface area contributed by atoms with Gasteiger partial charge in [-0.2, -0.15) is 0 Å². The van der Waals surface area contributed by atoms with Crippen molar-refractivity contribution in [2.75, 3.05) is 10.8 Å². The monoisotopic (exact) mass is 589 g/mol. The number of rotatable bonds is 11. The van der Waals surface area contributed by atoms with Crippen molar-refractivity contribution in [3.8, 4) is 0 Å². The molecule has 0 aliphatic carbocycles. The Kier molecular flexibility index (Phi) is 10.4. The highest BCUT2D eigenvalue weighted by molar-refractivity contribution is 7.92. The van der Waals surface area contributed by atoms with Crippen molar-refractivity contribution in [3.63, 3.8) is 0 Å². The predicted octanol–water partition coefficient (Wildman–Crippen LogP) is 5.83. The molecule has 3 rings (SSSR count). The number of carbonyl (C=O) groups is 2. The molecule has 0 radical (unpaired) electrons. The third-order valence-electron chi connectivity index (χ3n) is 6.53. The van der Waals surface area contributed by atoms with Gasteiger partial charge < -0.3 is 10.2 Å². The van der Waals surface area contributed by atoms with E-state index < -0.39 is 28.5 Å². The lowest BCUT2D eigenvalue weighted by Gasteiger charge is -2.33. The van der Waals surface area contributed by atoms with Crippen LogP contribution in [0.25, 0.3) is 0 Å². The maximum absolute atomic E-state index is 14.0. The van der Waals surface area contributed by atoms with Crippen LogP contribution >= 0.6 is 23.2 Å². The van der Waals surface area contributed by atoms with Crippen LogP contribution in [-0.2, 0) is 26.2 Å². The molecular formula is C29H33Cl2N3O4S. The van der Waals surface area contributed by atoms with Gasteiger partial charge in [0.15, 0.2) is 0 Å². The molecule has 0 aromatic heterocycles. The van der Waals surface area contributed by atoms with Gasteiger partial charge in [0.05, 0.1) is 10.6 Å². The number of benzene rings is 3. The van der Waals surface area contributed by atoms with Crippen LogP contribution in [-0.4, -0.2) is 43.8 Å². The van der Waals surface area contributed by atoms with Gasteiger partial charge >= 0.3 is 0 Å². The van der Waals surface area contributed by atoms with Crippen molar-refractivity contribution in [2.45, 2.75) is 57.6 Å². The summed E-state index contributed by atoms with van der Waals surface area (Å²) >= 11 is 12.5. The molecule has 0 fully saturated rings. The molecule has 7 nitrogen and oxygen atoms in total. The Bertz CT molecular complexity index is 1420. The molecule has 208 valence electrons. The quantitative estimate of drug-likeness (QED) is 0.305. The van der Waals surface area contributed by atoms with Crippen molar-refractivity contribution in [3.05, 3.63) is 94.0 Å². The van der Waals surface area contributed by atoms with E-state index in [1.165, 1.54) is 17.0 Å². The lowest BCUT2D eigenvalue weighted by Crippen LogP contribution is -2.52. The molecule has 3 aromatic carbocycles. The van der Waals surface area contributed by atoms with Crippen molar-refractivity contribution < 1.29 is 18.0 Å². The Morgan fingerprint density at radius 3 is 2.26 bits per heavy atom. The van der Waals surface area contributed by atoms with E-state index in [2.05, 4.69) is 5.32 Å². The van der Waals surface area contributed by atoms with Gasteiger partial charge in [-0.15, -0.1) is 0 Å². The largest absolute Gasteiger partial charge is 0.352 e. The Morgan fingerprint density at radius 2 is 1.62 bits per heavy atom. The SMILES string of the molecule is CC[C@@H](C)NC(=O)[C@H](C)N(Cc1cccc(Cl)c1)C(=O)CN(c1cccc(Cl)c1C)S(=O)(=O)c1ccccc1. The number of anilines is 1. The number of hydrogen-bond acceptors (Lipinski definition) is 4. The summed E-state index contributed by atoms with van der Waals surface area (Å²) in [6.45, 7) is 6.67. The van der Waals surface area contributed by atoms with Gasteiger partial charge in [-0.3, -0.25) is 13.9 Å². The molecule has 0 unspecified atom stereocenters. The second-order valence-electron chi connectivity index (χ2n) is 9.35. The molecule has 0 aliphatic heterocycles. The second-order valence-corrected chi connectivity index (χ2v) is 12.1. The van der Waals surface area contributed by atoms with Crippen LogP contribution in [0.4, 0.5) is 5.69 Å².